The molecule has 0 fully saturated rings. The third-order valence-corrected chi connectivity index (χ3v) is 3.55. The smallest absolute Gasteiger partial charge is 0.341 e. The molecule has 0 aliphatic rings. The fourth-order valence-corrected chi connectivity index (χ4v) is 2.49. The van der Waals surface area contributed by atoms with Crippen molar-refractivity contribution in [2.75, 3.05) is 7.11 Å². The van der Waals surface area contributed by atoms with Gasteiger partial charge in [-0.3, -0.25) is 4.79 Å². The van der Waals surface area contributed by atoms with E-state index in [0.29, 0.717) is 11.3 Å². The maximum Gasteiger partial charge on any atom is 0.341 e. The van der Waals surface area contributed by atoms with E-state index >= 15 is 0 Å². The number of halogens is 1. The molecule has 0 bridgehead atoms. The molecular formula is C17H12FNO4. The number of aromatic nitrogens is 1. The quantitative estimate of drug-likeness (QED) is 0.779. The van der Waals surface area contributed by atoms with Gasteiger partial charge in [0.1, 0.15) is 17.1 Å². The zero-order valence-corrected chi connectivity index (χ0v) is 12.1. The Morgan fingerprint density at radius 1 is 1.22 bits per heavy atom. The van der Waals surface area contributed by atoms with Crippen molar-refractivity contribution in [1.82, 2.24) is 4.98 Å². The molecule has 3 aromatic rings. The molecule has 0 unspecified atom stereocenters. The summed E-state index contributed by atoms with van der Waals surface area (Å²) in [5, 5.41) is 9.14. The van der Waals surface area contributed by atoms with Gasteiger partial charge in [0, 0.05) is 5.56 Å². The zero-order valence-electron chi connectivity index (χ0n) is 12.1. The first-order valence-electron chi connectivity index (χ1n) is 6.75. The minimum absolute atomic E-state index is 0.111. The number of H-pyrrole nitrogens is 1. The number of benzene rings is 2. The monoisotopic (exact) mass is 313 g/mol. The summed E-state index contributed by atoms with van der Waals surface area (Å²) in [7, 11) is 1.48. The van der Waals surface area contributed by atoms with Gasteiger partial charge in [-0.15, -0.1) is 0 Å². The Hall–Kier alpha value is -3.15. The van der Waals surface area contributed by atoms with Gasteiger partial charge in [-0.2, -0.15) is 0 Å². The predicted octanol–water partition coefficient (Wildman–Crippen LogP) is 3.04. The van der Waals surface area contributed by atoms with E-state index < -0.39 is 22.8 Å². The second kappa shape index (κ2) is 5.57. The number of hydrogen-bond acceptors (Lipinski definition) is 3. The lowest BCUT2D eigenvalue weighted by Gasteiger charge is -2.10. The number of aromatic carboxylic acids is 1. The van der Waals surface area contributed by atoms with E-state index in [-0.39, 0.29) is 16.6 Å². The van der Waals surface area contributed by atoms with Crippen LogP contribution in [-0.4, -0.2) is 23.2 Å². The molecule has 0 aliphatic heterocycles. The maximum atomic E-state index is 13.9. The van der Waals surface area contributed by atoms with Crippen LogP contribution in [0.2, 0.25) is 0 Å². The molecule has 0 amide bonds. The third-order valence-electron chi connectivity index (χ3n) is 3.55. The number of carboxylic acid groups (broad SMARTS) is 1. The van der Waals surface area contributed by atoms with Crippen molar-refractivity contribution >= 4 is 16.9 Å². The summed E-state index contributed by atoms with van der Waals surface area (Å²) < 4.78 is 19.0. The SMILES string of the molecule is COc1cccc(-c2[nH]c3cccc(F)c3c(=O)c2C(=O)O)c1. The van der Waals surface area contributed by atoms with Crippen molar-refractivity contribution < 1.29 is 19.0 Å². The van der Waals surface area contributed by atoms with Crippen LogP contribution >= 0.6 is 0 Å². The van der Waals surface area contributed by atoms with Crippen LogP contribution in [0.1, 0.15) is 10.4 Å². The fourth-order valence-electron chi connectivity index (χ4n) is 2.49. The molecule has 0 spiro atoms. The van der Waals surface area contributed by atoms with Crippen molar-refractivity contribution in [2.24, 2.45) is 0 Å². The summed E-state index contributed by atoms with van der Waals surface area (Å²) in [6, 6.07) is 10.7. The van der Waals surface area contributed by atoms with Crippen LogP contribution in [0.5, 0.6) is 5.75 Å². The summed E-state index contributed by atoms with van der Waals surface area (Å²) in [6.45, 7) is 0. The molecule has 116 valence electrons. The summed E-state index contributed by atoms with van der Waals surface area (Å²) in [5.41, 5.74) is -0.555. The molecule has 23 heavy (non-hydrogen) atoms. The molecule has 0 aliphatic carbocycles. The summed E-state index contributed by atoms with van der Waals surface area (Å²) in [5.74, 6) is -1.67. The Morgan fingerprint density at radius 2 is 1.96 bits per heavy atom. The van der Waals surface area contributed by atoms with E-state index in [2.05, 4.69) is 4.98 Å². The largest absolute Gasteiger partial charge is 0.497 e. The molecule has 5 nitrogen and oxygen atoms in total. The van der Waals surface area contributed by atoms with Gasteiger partial charge in [0.15, 0.2) is 0 Å². The molecule has 2 aromatic carbocycles. The number of pyridine rings is 1. The van der Waals surface area contributed by atoms with Gasteiger partial charge >= 0.3 is 5.97 Å². The second-order valence-corrected chi connectivity index (χ2v) is 4.90. The number of carboxylic acids is 1. The normalized spacial score (nSPS) is 10.7. The highest BCUT2D eigenvalue weighted by Crippen LogP contribution is 2.26. The minimum atomic E-state index is -1.42. The Kier molecular flexibility index (Phi) is 3.57. The average Bonchev–Trinajstić information content (AvgIpc) is 2.54. The van der Waals surface area contributed by atoms with E-state index in [1.807, 2.05) is 0 Å². The van der Waals surface area contributed by atoms with Crippen LogP contribution in [0.4, 0.5) is 4.39 Å². The lowest BCUT2D eigenvalue weighted by molar-refractivity contribution is 0.0696. The molecular weight excluding hydrogens is 301 g/mol. The van der Waals surface area contributed by atoms with Crippen LogP contribution < -0.4 is 10.2 Å². The van der Waals surface area contributed by atoms with Crippen molar-refractivity contribution in [3.05, 3.63) is 64.1 Å². The maximum absolute atomic E-state index is 13.9. The van der Waals surface area contributed by atoms with E-state index in [1.165, 1.54) is 19.2 Å². The van der Waals surface area contributed by atoms with Crippen molar-refractivity contribution in [3.8, 4) is 17.0 Å². The first kappa shape index (κ1) is 14.8. The lowest BCUT2D eigenvalue weighted by Crippen LogP contribution is -2.19. The number of carbonyl (C=O) groups is 1. The van der Waals surface area contributed by atoms with E-state index in [1.54, 1.807) is 24.3 Å². The number of aromatic amines is 1. The van der Waals surface area contributed by atoms with Gasteiger partial charge in [0.05, 0.1) is 23.7 Å². The van der Waals surface area contributed by atoms with Gasteiger partial charge in [-0.25, -0.2) is 9.18 Å². The first-order valence-corrected chi connectivity index (χ1v) is 6.75. The van der Waals surface area contributed by atoms with Crippen LogP contribution in [-0.2, 0) is 0 Å². The Bertz CT molecular complexity index is 978. The minimum Gasteiger partial charge on any atom is -0.497 e. The zero-order chi connectivity index (χ0) is 16.6. The van der Waals surface area contributed by atoms with E-state index in [0.717, 1.165) is 6.07 Å². The predicted molar refractivity (Wildman–Crippen MR) is 83.5 cm³/mol. The number of hydrogen-bond donors (Lipinski definition) is 2. The average molecular weight is 313 g/mol. The molecule has 0 atom stereocenters. The Balaban J connectivity index is 2.42. The van der Waals surface area contributed by atoms with Gasteiger partial charge in [0.2, 0.25) is 5.43 Å². The van der Waals surface area contributed by atoms with Gasteiger partial charge in [0.25, 0.3) is 0 Å². The molecule has 2 N–H and O–H groups in total. The molecule has 0 saturated heterocycles. The molecule has 3 rings (SSSR count). The number of ether oxygens (including phenoxy) is 1. The highest BCUT2D eigenvalue weighted by Gasteiger charge is 2.21. The van der Waals surface area contributed by atoms with Gasteiger partial charge in [-0.1, -0.05) is 18.2 Å². The standard InChI is InChI=1S/C17H12FNO4/c1-23-10-5-2-4-9(8-10)15-14(17(21)22)16(20)13-11(18)6-3-7-12(13)19-15/h2-8H,1H3,(H,19,20)(H,21,22). The summed E-state index contributed by atoms with van der Waals surface area (Å²) in [4.78, 5) is 26.9. The topological polar surface area (TPSA) is 79.4 Å². The molecule has 1 heterocycles. The highest BCUT2D eigenvalue weighted by molar-refractivity contribution is 5.99. The Morgan fingerprint density at radius 3 is 2.65 bits per heavy atom. The van der Waals surface area contributed by atoms with Crippen molar-refractivity contribution in [3.63, 3.8) is 0 Å². The second-order valence-electron chi connectivity index (χ2n) is 4.90. The van der Waals surface area contributed by atoms with Crippen LogP contribution in [0.15, 0.2) is 47.3 Å². The fraction of sp³-hybridized carbons (Fsp3) is 0.0588. The number of methoxy groups -OCH3 is 1. The van der Waals surface area contributed by atoms with Crippen molar-refractivity contribution in [2.45, 2.75) is 0 Å². The molecule has 0 saturated carbocycles. The number of fused-ring (bicyclic) bond motifs is 1. The van der Waals surface area contributed by atoms with Gasteiger partial charge in [-0.05, 0) is 24.3 Å². The van der Waals surface area contributed by atoms with Crippen LogP contribution in [0, 0.1) is 5.82 Å². The van der Waals surface area contributed by atoms with Gasteiger partial charge < -0.3 is 14.8 Å². The Labute approximate surface area is 130 Å². The summed E-state index contributed by atoms with van der Waals surface area (Å²) >= 11 is 0. The summed E-state index contributed by atoms with van der Waals surface area (Å²) in [6.07, 6.45) is 0. The number of rotatable bonds is 3. The molecule has 6 heteroatoms. The lowest BCUT2D eigenvalue weighted by atomic mass is 10.0. The van der Waals surface area contributed by atoms with Crippen molar-refractivity contribution in [1.29, 1.82) is 0 Å². The molecule has 0 radical (unpaired) electrons. The van der Waals surface area contributed by atoms with E-state index in [9.17, 15) is 19.1 Å². The molecule has 1 aromatic heterocycles. The van der Waals surface area contributed by atoms with Crippen LogP contribution in [0.3, 0.4) is 0 Å². The third kappa shape index (κ3) is 2.44. The highest BCUT2D eigenvalue weighted by atomic mass is 19.1. The number of nitrogens with one attached hydrogen (secondary N) is 1. The van der Waals surface area contributed by atoms with Crippen LogP contribution in [0.25, 0.3) is 22.2 Å². The van der Waals surface area contributed by atoms with E-state index in [4.69, 9.17) is 4.74 Å². The first-order chi connectivity index (χ1) is 11.0.